The monoisotopic (exact) mass is 428 g/mol. The highest BCUT2D eigenvalue weighted by Gasteiger charge is 2.12. The van der Waals surface area contributed by atoms with Gasteiger partial charge in [-0.05, 0) is 36.6 Å². The molecule has 2 heterocycles. The van der Waals surface area contributed by atoms with Crippen molar-refractivity contribution in [2.24, 2.45) is 5.92 Å². The third-order valence-corrected chi connectivity index (χ3v) is 5.12. The fraction of sp³-hybridized carbons (Fsp3) is 0.381. The number of benzene rings is 1. The van der Waals surface area contributed by atoms with E-state index in [4.69, 9.17) is 4.74 Å². The molecule has 0 fully saturated rings. The molecule has 0 spiro atoms. The molecule has 0 aliphatic heterocycles. The van der Waals surface area contributed by atoms with Gasteiger partial charge in [0.15, 0.2) is 0 Å². The Bertz CT molecular complexity index is 1100. The maximum absolute atomic E-state index is 12.3. The van der Waals surface area contributed by atoms with Crippen molar-refractivity contribution in [2.45, 2.75) is 46.6 Å². The molecule has 2 aromatic heterocycles. The van der Waals surface area contributed by atoms with Crippen LogP contribution in [0.5, 0.6) is 0 Å². The summed E-state index contributed by atoms with van der Waals surface area (Å²) in [4.78, 5) is 41.2. The lowest BCUT2D eigenvalue weighted by Gasteiger charge is -2.08. The molecule has 3 rings (SSSR count). The smallest absolute Gasteiger partial charge is 0.338 e. The number of rotatable bonds is 8. The highest BCUT2D eigenvalue weighted by Crippen LogP contribution is 2.15. The highest BCUT2D eigenvalue weighted by molar-refractivity contribution is 7.16. The van der Waals surface area contributed by atoms with Crippen LogP contribution in [0.1, 0.15) is 54.7 Å². The molecule has 0 saturated carbocycles. The van der Waals surface area contributed by atoms with E-state index in [0.717, 1.165) is 17.8 Å². The molecule has 1 amide bonds. The number of esters is 1. The van der Waals surface area contributed by atoms with Gasteiger partial charge in [0.2, 0.25) is 10.9 Å². The quantitative estimate of drug-likeness (QED) is 0.551. The van der Waals surface area contributed by atoms with E-state index in [1.54, 1.807) is 24.3 Å². The molecule has 0 atom stereocenters. The standard InChI is InChI=1S/C21H24N4O4S/c1-4-5-18-24-25-19(27)11-16(23-21(25)30-18)12-29-20(28)14-6-8-15(9-7-14)22-17(26)10-13(2)3/h6-9,11,13H,4-5,10,12H2,1-3H3,(H,22,26). The topological polar surface area (TPSA) is 103 Å². The van der Waals surface area contributed by atoms with E-state index in [-0.39, 0.29) is 24.0 Å². The minimum Gasteiger partial charge on any atom is -0.456 e. The maximum Gasteiger partial charge on any atom is 0.338 e. The Morgan fingerprint density at radius 2 is 1.97 bits per heavy atom. The number of carbonyl (C=O) groups is 2. The number of amides is 1. The van der Waals surface area contributed by atoms with Gasteiger partial charge in [-0.2, -0.15) is 9.61 Å². The van der Waals surface area contributed by atoms with E-state index >= 15 is 0 Å². The summed E-state index contributed by atoms with van der Waals surface area (Å²) in [6, 6.07) is 7.79. The molecule has 0 saturated heterocycles. The number of aryl methyl sites for hydroxylation is 1. The second-order valence-corrected chi connectivity index (χ2v) is 8.37. The summed E-state index contributed by atoms with van der Waals surface area (Å²) < 4.78 is 6.56. The van der Waals surface area contributed by atoms with Crippen molar-refractivity contribution >= 4 is 33.9 Å². The van der Waals surface area contributed by atoms with Crippen molar-refractivity contribution in [3.63, 3.8) is 0 Å². The molecule has 30 heavy (non-hydrogen) atoms. The molecule has 3 aromatic rings. The van der Waals surface area contributed by atoms with Crippen molar-refractivity contribution in [3.8, 4) is 0 Å². The van der Waals surface area contributed by atoms with E-state index < -0.39 is 5.97 Å². The van der Waals surface area contributed by atoms with Crippen LogP contribution in [-0.2, 0) is 22.6 Å². The van der Waals surface area contributed by atoms with Gasteiger partial charge in [0.25, 0.3) is 5.56 Å². The van der Waals surface area contributed by atoms with E-state index in [1.165, 1.54) is 21.9 Å². The van der Waals surface area contributed by atoms with Crippen LogP contribution in [0.25, 0.3) is 4.96 Å². The van der Waals surface area contributed by atoms with Crippen LogP contribution >= 0.6 is 11.3 Å². The minimum absolute atomic E-state index is 0.0711. The molecule has 0 aliphatic rings. The number of anilines is 1. The third kappa shape index (κ3) is 5.50. The van der Waals surface area contributed by atoms with Crippen LogP contribution in [0.4, 0.5) is 5.69 Å². The van der Waals surface area contributed by atoms with Crippen molar-refractivity contribution in [2.75, 3.05) is 5.32 Å². The molecule has 9 heteroatoms. The molecule has 1 aromatic carbocycles. The first kappa shape index (κ1) is 21.6. The Kier molecular flexibility index (Phi) is 6.94. The molecule has 0 unspecified atom stereocenters. The second kappa shape index (κ2) is 9.62. The summed E-state index contributed by atoms with van der Waals surface area (Å²) in [5.41, 5.74) is 1.03. The van der Waals surface area contributed by atoms with Gasteiger partial charge in [0.1, 0.15) is 11.6 Å². The van der Waals surface area contributed by atoms with Crippen LogP contribution < -0.4 is 10.9 Å². The number of carbonyl (C=O) groups excluding carboxylic acids is 2. The van der Waals surface area contributed by atoms with Crippen LogP contribution in [0.2, 0.25) is 0 Å². The fourth-order valence-electron chi connectivity index (χ4n) is 2.78. The minimum atomic E-state index is -0.534. The van der Waals surface area contributed by atoms with E-state index in [1.807, 2.05) is 20.8 Å². The second-order valence-electron chi connectivity index (χ2n) is 7.33. The summed E-state index contributed by atoms with van der Waals surface area (Å²) >= 11 is 1.36. The fourth-order valence-corrected chi connectivity index (χ4v) is 3.80. The normalized spacial score (nSPS) is 11.1. The number of ether oxygens (including phenoxy) is 1. The van der Waals surface area contributed by atoms with E-state index in [9.17, 15) is 14.4 Å². The maximum atomic E-state index is 12.3. The Hall–Kier alpha value is -3.07. The van der Waals surface area contributed by atoms with Gasteiger partial charge in [-0.15, -0.1) is 0 Å². The van der Waals surface area contributed by atoms with Crippen LogP contribution in [0, 0.1) is 5.92 Å². The number of hydrogen-bond acceptors (Lipinski definition) is 7. The van der Waals surface area contributed by atoms with Gasteiger partial charge in [0.05, 0.1) is 11.3 Å². The number of fused-ring (bicyclic) bond motifs is 1. The first-order valence-electron chi connectivity index (χ1n) is 9.81. The highest BCUT2D eigenvalue weighted by atomic mass is 32.1. The number of nitrogens with zero attached hydrogens (tertiary/aromatic N) is 3. The van der Waals surface area contributed by atoms with Gasteiger partial charge in [0, 0.05) is 24.6 Å². The van der Waals surface area contributed by atoms with Crippen molar-refractivity contribution in [3.05, 3.63) is 57.0 Å². The van der Waals surface area contributed by atoms with Crippen LogP contribution in [0.3, 0.4) is 0 Å². The average Bonchev–Trinajstić information content (AvgIpc) is 3.09. The Balaban J connectivity index is 1.62. The first-order chi connectivity index (χ1) is 14.4. The van der Waals surface area contributed by atoms with Gasteiger partial charge >= 0.3 is 5.97 Å². The molecular formula is C21H24N4O4S. The first-order valence-corrected chi connectivity index (χ1v) is 10.6. The summed E-state index contributed by atoms with van der Waals surface area (Å²) in [5, 5.41) is 7.89. The predicted molar refractivity (Wildman–Crippen MR) is 115 cm³/mol. The molecule has 0 aliphatic carbocycles. The Morgan fingerprint density at radius 3 is 2.63 bits per heavy atom. The van der Waals surface area contributed by atoms with E-state index in [0.29, 0.717) is 28.3 Å². The van der Waals surface area contributed by atoms with E-state index in [2.05, 4.69) is 15.4 Å². The molecule has 158 valence electrons. The Labute approximate surface area is 177 Å². The number of aromatic nitrogens is 3. The Morgan fingerprint density at radius 1 is 1.23 bits per heavy atom. The molecule has 0 radical (unpaired) electrons. The lowest BCUT2D eigenvalue weighted by Crippen LogP contribution is -2.17. The molecular weight excluding hydrogens is 404 g/mol. The molecule has 8 nitrogen and oxygen atoms in total. The third-order valence-electron chi connectivity index (χ3n) is 4.15. The van der Waals surface area contributed by atoms with Crippen LogP contribution in [0.15, 0.2) is 35.1 Å². The summed E-state index contributed by atoms with van der Waals surface area (Å²) in [6.07, 6.45) is 2.14. The zero-order chi connectivity index (χ0) is 21.7. The predicted octanol–water partition coefficient (Wildman–Crippen LogP) is 3.45. The largest absolute Gasteiger partial charge is 0.456 e. The number of nitrogens with one attached hydrogen (secondary N) is 1. The van der Waals surface area contributed by atoms with Gasteiger partial charge < -0.3 is 10.1 Å². The average molecular weight is 429 g/mol. The SMILES string of the molecule is CCCc1nn2c(=O)cc(COC(=O)c3ccc(NC(=O)CC(C)C)cc3)nc2s1. The zero-order valence-electron chi connectivity index (χ0n) is 17.2. The molecule has 0 bridgehead atoms. The van der Waals surface area contributed by atoms with Gasteiger partial charge in [-0.1, -0.05) is 32.1 Å². The van der Waals surface area contributed by atoms with Crippen molar-refractivity contribution < 1.29 is 14.3 Å². The van der Waals surface area contributed by atoms with Crippen LogP contribution in [-0.4, -0.2) is 26.5 Å². The lowest BCUT2D eigenvalue weighted by molar-refractivity contribution is -0.116. The van der Waals surface area contributed by atoms with Crippen molar-refractivity contribution in [1.82, 2.24) is 14.6 Å². The lowest BCUT2D eigenvalue weighted by atomic mass is 10.1. The van der Waals surface area contributed by atoms with Crippen molar-refractivity contribution in [1.29, 1.82) is 0 Å². The summed E-state index contributed by atoms with van der Waals surface area (Å²) in [5.74, 6) is -0.338. The molecule has 1 N–H and O–H groups in total. The van der Waals surface area contributed by atoms with Gasteiger partial charge in [-0.25, -0.2) is 9.78 Å². The summed E-state index contributed by atoms with van der Waals surface area (Å²) in [7, 11) is 0. The summed E-state index contributed by atoms with van der Waals surface area (Å²) in [6.45, 7) is 5.87. The van der Waals surface area contributed by atoms with Gasteiger partial charge in [-0.3, -0.25) is 9.59 Å². The zero-order valence-corrected chi connectivity index (χ0v) is 18.0. The number of hydrogen-bond donors (Lipinski definition) is 1.